The molecule has 1 amide bonds. The second kappa shape index (κ2) is 10.3. The molecule has 0 N–H and O–H groups in total. The van der Waals surface area contributed by atoms with Crippen molar-refractivity contribution >= 4 is 16.9 Å². The average Bonchev–Trinajstić information content (AvgIpc) is 3.11. The van der Waals surface area contributed by atoms with Crippen LogP contribution in [0, 0.1) is 0 Å². The Bertz CT molecular complexity index is 1230. The van der Waals surface area contributed by atoms with Gasteiger partial charge in [-0.3, -0.25) is 9.59 Å². The van der Waals surface area contributed by atoms with Crippen LogP contribution in [0.25, 0.3) is 11.0 Å². The normalized spacial score (nSPS) is 15.3. The van der Waals surface area contributed by atoms with Crippen molar-refractivity contribution in [3.8, 4) is 11.5 Å². The molecule has 0 aliphatic carbocycles. The third-order valence-electron chi connectivity index (χ3n) is 6.00. The Balaban J connectivity index is 1.84. The Morgan fingerprint density at radius 1 is 1.03 bits per heavy atom. The van der Waals surface area contributed by atoms with E-state index in [2.05, 4.69) is 6.92 Å². The molecule has 1 unspecified atom stereocenters. The summed E-state index contributed by atoms with van der Waals surface area (Å²) in [6.45, 7) is 6.22. The first-order chi connectivity index (χ1) is 16.5. The maximum atomic E-state index is 13.6. The Morgan fingerprint density at radius 3 is 2.56 bits per heavy atom. The minimum Gasteiger partial charge on any atom is -0.490 e. The molecule has 34 heavy (non-hydrogen) atoms. The fourth-order valence-electron chi connectivity index (χ4n) is 4.26. The van der Waals surface area contributed by atoms with Gasteiger partial charge >= 0.3 is 0 Å². The van der Waals surface area contributed by atoms with E-state index in [9.17, 15) is 9.59 Å². The summed E-state index contributed by atoms with van der Waals surface area (Å²) in [4.78, 5) is 30.8. The Kier molecular flexibility index (Phi) is 7.22. The molecule has 7 nitrogen and oxygen atoms in total. The second-order valence-corrected chi connectivity index (χ2v) is 8.72. The fourth-order valence-corrected chi connectivity index (χ4v) is 4.26. The van der Waals surface area contributed by atoms with Gasteiger partial charge in [-0.05, 0) is 57.3 Å². The maximum absolute atomic E-state index is 13.6. The van der Waals surface area contributed by atoms with Crippen LogP contribution in [0.5, 0.6) is 11.5 Å². The summed E-state index contributed by atoms with van der Waals surface area (Å²) in [5.74, 6) is 1.11. The Hall–Kier alpha value is -3.32. The van der Waals surface area contributed by atoms with Gasteiger partial charge < -0.3 is 23.7 Å². The molecule has 0 saturated heterocycles. The zero-order valence-corrected chi connectivity index (χ0v) is 20.3. The molecule has 2 aromatic carbocycles. The van der Waals surface area contributed by atoms with Gasteiger partial charge in [-0.2, -0.15) is 0 Å². The van der Waals surface area contributed by atoms with Crippen LogP contribution in [-0.4, -0.2) is 56.1 Å². The topological polar surface area (TPSA) is 72.2 Å². The van der Waals surface area contributed by atoms with Crippen LogP contribution in [0.1, 0.15) is 54.4 Å². The summed E-state index contributed by atoms with van der Waals surface area (Å²) in [7, 11) is 3.91. The highest BCUT2D eigenvalue weighted by Crippen LogP contribution is 2.41. The summed E-state index contributed by atoms with van der Waals surface area (Å²) in [5, 5.41) is 0.470. The highest BCUT2D eigenvalue weighted by Gasteiger charge is 2.42. The van der Waals surface area contributed by atoms with Gasteiger partial charge in [0.2, 0.25) is 5.76 Å². The number of amides is 1. The summed E-state index contributed by atoms with van der Waals surface area (Å²) < 4.78 is 17.8. The van der Waals surface area contributed by atoms with Gasteiger partial charge in [0.05, 0.1) is 30.2 Å². The number of hydrogen-bond acceptors (Lipinski definition) is 6. The standard InChI is InChI=1S/C27H32N2O5/c1-5-7-16-33-21-13-12-18(17-22(21)32-6-2)24-23-25(30)19-10-8-9-11-20(19)34-26(23)27(31)29(24)15-14-28(3)4/h8-13,17,24H,5-7,14-16H2,1-4H3. The van der Waals surface area contributed by atoms with Crippen LogP contribution in [-0.2, 0) is 0 Å². The van der Waals surface area contributed by atoms with Gasteiger partial charge in [-0.15, -0.1) is 0 Å². The van der Waals surface area contributed by atoms with Crippen LogP contribution in [0.3, 0.4) is 0 Å². The number of carbonyl (C=O) groups is 1. The number of unbranched alkanes of at least 4 members (excludes halogenated alkanes) is 1. The van der Waals surface area contributed by atoms with Crippen molar-refractivity contribution in [3.63, 3.8) is 0 Å². The van der Waals surface area contributed by atoms with Crippen LogP contribution >= 0.6 is 0 Å². The highest BCUT2D eigenvalue weighted by atomic mass is 16.5. The number of likely N-dealkylation sites (N-methyl/N-ethyl adjacent to an activating group) is 1. The van der Waals surface area contributed by atoms with Crippen molar-refractivity contribution in [3.05, 3.63) is 69.6 Å². The van der Waals surface area contributed by atoms with E-state index in [1.54, 1.807) is 29.2 Å². The lowest BCUT2D eigenvalue weighted by Crippen LogP contribution is -2.35. The van der Waals surface area contributed by atoms with Crippen molar-refractivity contribution in [1.29, 1.82) is 0 Å². The molecule has 3 aromatic rings. The molecule has 4 rings (SSSR count). The van der Waals surface area contributed by atoms with Crippen LogP contribution in [0.2, 0.25) is 0 Å². The first-order valence-corrected chi connectivity index (χ1v) is 11.9. The molecule has 0 bridgehead atoms. The molecular weight excluding hydrogens is 432 g/mol. The van der Waals surface area contributed by atoms with Crippen LogP contribution in [0.4, 0.5) is 0 Å². The fraction of sp³-hybridized carbons (Fsp3) is 0.407. The van der Waals surface area contributed by atoms with E-state index >= 15 is 0 Å². The van der Waals surface area contributed by atoms with Crippen molar-refractivity contribution in [2.45, 2.75) is 32.7 Å². The van der Waals surface area contributed by atoms with Gasteiger partial charge in [0.25, 0.3) is 5.91 Å². The number of fused-ring (bicyclic) bond motifs is 2. The van der Waals surface area contributed by atoms with E-state index < -0.39 is 6.04 Å². The predicted molar refractivity (Wildman–Crippen MR) is 132 cm³/mol. The van der Waals surface area contributed by atoms with E-state index in [0.717, 1.165) is 18.4 Å². The zero-order valence-electron chi connectivity index (χ0n) is 20.3. The van der Waals surface area contributed by atoms with Crippen molar-refractivity contribution in [2.24, 2.45) is 0 Å². The zero-order chi connectivity index (χ0) is 24.2. The lowest BCUT2D eigenvalue weighted by atomic mass is 9.98. The molecule has 1 atom stereocenters. The van der Waals surface area contributed by atoms with Crippen molar-refractivity contribution in [2.75, 3.05) is 40.4 Å². The third kappa shape index (κ3) is 4.53. The van der Waals surface area contributed by atoms with Gasteiger partial charge in [0.15, 0.2) is 16.9 Å². The minimum atomic E-state index is -0.563. The summed E-state index contributed by atoms with van der Waals surface area (Å²) in [6, 6.07) is 12.2. The molecule has 1 aliphatic heterocycles. The first kappa shape index (κ1) is 23.8. The van der Waals surface area contributed by atoms with Gasteiger partial charge in [-0.1, -0.05) is 31.5 Å². The second-order valence-electron chi connectivity index (χ2n) is 8.72. The molecule has 0 spiro atoms. The van der Waals surface area contributed by atoms with E-state index in [4.69, 9.17) is 13.9 Å². The van der Waals surface area contributed by atoms with E-state index in [-0.39, 0.29) is 17.1 Å². The molecule has 7 heteroatoms. The first-order valence-electron chi connectivity index (χ1n) is 11.9. The summed E-state index contributed by atoms with van der Waals surface area (Å²) in [5.41, 5.74) is 1.41. The van der Waals surface area contributed by atoms with E-state index in [1.165, 1.54) is 0 Å². The monoisotopic (exact) mass is 464 g/mol. The lowest BCUT2D eigenvalue weighted by molar-refractivity contribution is 0.0716. The maximum Gasteiger partial charge on any atom is 0.290 e. The number of carbonyl (C=O) groups excluding carboxylic acids is 1. The number of para-hydroxylation sites is 1. The van der Waals surface area contributed by atoms with Crippen molar-refractivity contribution in [1.82, 2.24) is 9.80 Å². The number of nitrogens with zero attached hydrogens (tertiary/aromatic N) is 2. The van der Waals surface area contributed by atoms with Crippen LogP contribution in [0.15, 0.2) is 51.7 Å². The van der Waals surface area contributed by atoms with Crippen LogP contribution < -0.4 is 14.9 Å². The molecule has 2 heterocycles. The van der Waals surface area contributed by atoms with Gasteiger partial charge in [0, 0.05) is 13.1 Å². The summed E-state index contributed by atoms with van der Waals surface area (Å²) in [6.07, 6.45) is 1.98. The Labute approximate surface area is 199 Å². The smallest absolute Gasteiger partial charge is 0.290 e. The highest BCUT2D eigenvalue weighted by molar-refractivity contribution is 5.99. The van der Waals surface area contributed by atoms with Gasteiger partial charge in [0.1, 0.15) is 5.58 Å². The molecule has 180 valence electrons. The Morgan fingerprint density at radius 2 is 1.82 bits per heavy atom. The number of hydrogen-bond donors (Lipinski definition) is 0. The van der Waals surface area contributed by atoms with E-state index in [0.29, 0.717) is 54.3 Å². The third-order valence-corrected chi connectivity index (χ3v) is 6.00. The van der Waals surface area contributed by atoms with Gasteiger partial charge in [-0.25, -0.2) is 0 Å². The minimum absolute atomic E-state index is 0.119. The molecule has 1 aliphatic rings. The molecule has 0 saturated carbocycles. The number of benzene rings is 2. The summed E-state index contributed by atoms with van der Waals surface area (Å²) >= 11 is 0. The van der Waals surface area contributed by atoms with E-state index in [1.807, 2.05) is 44.1 Å². The SMILES string of the molecule is CCCCOc1ccc(C2c3c(oc4ccccc4c3=O)C(=O)N2CCN(C)C)cc1OCC. The molecular formula is C27H32N2O5. The van der Waals surface area contributed by atoms with Crippen molar-refractivity contribution < 1.29 is 18.7 Å². The predicted octanol–water partition coefficient (Wildman–Crippen LogP) is 4.48. The number of ether oxygens (including phenoxy) is 2. The average molecular weight is 465 g/mol. The number of rotatable bonds is 10. The molecule has 0 radical (unpaired) electrons. The quantitative estimate of drug-likeness (QED) is 0.412. The lowest BCUT2D eigenvalue weighted by Gasteiger charge is -2.27. The largest absolute Gasteiger partial charge is 0.490 e. The molecule has 0 fully saturated rings. The molecule has 1 aromatic heterocycles.